The van der Waals surface area contributed by atoms with Crippen molar-refractivity contribution in [3.63, 3.8) is 0 Å². The molecule has 1 amide bonds. The van der Waals surface area contributed by atoms with Crippen LogP contribution in [0.15, 0.2) is 18.2 Å². The molecule has 1 N–H and O–H groups in total. The summed E-state index contributed by atoms with van der Waals surface area (Å²) in [5.74, 6) is 1.61. The van der Waals surface area contributed by atoms with Gasteiger partial charge in [0.2, 0.25) is 5.91 Å². The molecule has 0 bridgehead atoms. The molecule has 0 aliphatic carbocycles. The molecule has 1 aromatic rings. The van der Waals surface area contributed by atoms with E-state index in [-0.39, 0.29) is 18.3 Å². The number of ether oxygens (including phenoxy) is 2. The van der Waals surface area contributed by atoms with Gasteiger partial charge < -0.3 is 19.7 Å². The van der Waals surface area contributed by atoms with Crippen molar-refractivity contribution in [2.75, 3.05) is 34.4 Å². The zero-order valence-corrected chi connectivity index (χ0v) is 14.2. The third-order valence-corrected chi connectivity index (χ3v) is 4.01. The normalized spacial score (nSPS) is 17.6. The SMILES string of the molecule is CNC1CCCN(C(=O)Cc2cc(OC)ccc2OC)C1.Cl. The molecule has 1 aliphatic rings. The average Bonchev–Trinajstić information content (AvgIpc) is 2.54. The van der Waals surface area contributed by atoms with Gasteiger partial charge in [0.1, 0.15) is 11.5 Å². The Balaban J connectivity index is 0.00000242. The van der Waals surface area contributed by atoms with Gasteiger partial charge in [0.25, 0.3) is 0 Å². The number of hydrogen-bond donors (Lipinski definition) is 1. The highest BCUT2D eigenvalue weighted by atomic mass is 35.5. The molecule has 0 saturated carbocycles. The second-order valence-electron chi connectivity index (χ2n) is 5.32. The Bertz CT molecular complexity index is 496. The number of rotatable bonds is 5. The minimum absolute atomic E-state index is 0. The van der Waals surface area contributed by atoms with Crippen molar-refractivity contribution >= 4 is 18.3 Å². The summed E-state index contributed by atoms with van der Waals surface area (Å²) in [5.41, 5.74) is 0.869. The molecule has 0 aromatic heterocycles. The van der Waals surface area contributed by atoms with Gasteiger partial charge in [-0.1, -0.05) is 0 Å². The van der Waals surface area contributed by atoms with E-state index in [4.69, 9.17) is 9.47 Å². The van der Waals surface area contributed by atoms with Gasteiger partial charge in [0, 0.05) is 24.7 Å². The number of benzene rings is 1. The minimum Gasteiger partial charge on any atom is -0.497 e. The Kier molecular flexibility index (Phi) is 7.48. The lowest BCUT2D eigenvalue weighted by Gasteiger charge is -2.32. The Hall–Kier alpha value is -1.46. The molecule has 1 unspecified atom stereocenters. The maximum Gasteiger partial charge on any atom is 0.227 e. The van der Waals surface area contributed by atoms with Gasteiger partial charge in [-0.15, -0.1) is 12.4 Å². The number of likely N-dealkylation sites (N-methyl/N-ethyl adjacent to an activating group) is 1. The predicted molar refractivity (Wildman–Crippen MR) is 89.2 cm³/mol. The first-order chi connectivity index (χ1) is 10.2. The van der Waals surface area contributed by atoms with Crippen LogP contribution in [-0.4, -0.2) is 51.2 Å². The molecule has 5 nitrogen and oxygen atoms in total. The van der Waals surface area contributed by atoms with E-state index >= 15 is 0 Å². The lowest BCUT2D eigenvalue weighted by molar-refractivity contribution is -0.131. The fourth-order valence-corrected chi connectivity index (χ4v) is 2.73. The molecule has 1 fully saturated rings. The summed E-state index contributed by atoms with van der Waals surface area (Å²) in [4.78, 5) is 14.4. The first-order valence-electron chi connectivity index (χ1n) is 7.34. The molecule has 1 atom stereocenters. The van der Waals surface area contributed by atoms with Crippen LogP contribution in [-0.2, 0) is 11.2 Å². The molecule has 2 rings (SSSR count). The second kappa shape index (κ2) is 8.86. The summed E-state index contributed by atoms with van der Waals surface area (Å²) in [7, 11) is 5.19. The second-order valence-corrected chi connectivity index (χ2v) is 5.32. The number of likely N-dealkylation sites (tertiary alicyclic amines) is 1. The van der Waals surface area contributed by atoms with Crippen LogP contribution in [0.1, 0.15) is 18.4 Å². The summed E-state index contributed by atoms with van der Waals surface area (Å²) in [6.45, 7) is 1.62. The summed E-state index contributed by atoms with van der Waals surface area (Å²) in [6.07, 6.45) is 2.52. The van der Waals surface area contributed by atoms with E-state index < -0.39 is 0 Å². The number of amides is 1. The van der Waals surface area contributed by atoms with Gasteiger partial charge in [-0.05, 0) is 38.1 Å². The van der Waals surface area contributed by atoms with Crippen molar-refractivity contribution in [2.24, 2.45) is 0 Å². The van der Waals surface area contributed by atoms with Crippen molar-refractivity contribution < 1.29 is 14.3 Å². The maximum absolute atomic E-state index is 12.5. The summed E-state index contributed by atoms with van der Waals surface area (Å²) < 4.78 is 10.6. The van der Waals surface area contributed by atoms with E-state index in [0.717, 1.165) is 43.0 Å². The molecule has 0 spiro atoms. The molecule has 124 valence electrons. The van der Waals surface area contributed by atoms with E-state index in [9.17, 15) is 4.79 Å². The molecule has 1 saturated heterocycles. The first-order valence-corrected chi connectivity index (χ1v) is 7.34. The third-order valence-electron chi connectivity index (χ3n) is 4.01. The van der Waals surface area contributed by atoms with Crippen molar-refractivity contribution in [1.82, 2.24) is 10.2 Å². The predicted octanol–water partition coefficient (Wildman–Crippen LogP) is 1.88. The van der Waals surface area contributed by atoms with Gasteiger partial charge in [-0.3, -0.25) is 4.79 Å². The van der Waals surface area contributed by atoms with Crippen LogP contribution in [0.4, 0.5) is 0 Å². The van der Waals surface area contributed by atoms with Gasteiger partial charge >= 0.3 is 0 Å². The highest BCUT2D eigenvalue weighted by Crippen LogP contribution is 2.25. The summed E-state index contributed by atoms with van der Waals surface area (Å²) >= 11 is 0. The van der Waals surface area contributed by atoms with E-state index in [0.29, 0.717) is 12.5 Å². The Morgan fingerprint density at radius 2 is 2.14 bits per heavy atom. The molecular formula is C16H25ClN2O3. The third kappa shape index (κ3) is 4.52. The van der Waals surface area contributed by atoms with Gasteiger partial charge in [0.05, 0.1) is 20.6 Å². The number of halogens is 1. The first kappa shape index (κ1) is 18.6. The highest BCUT2D eigenvalue weighted by Gasteiger charge is 2.23. The number of carbonyl (C=O) groups excluding carboxylic acids is 1. The summed E-state index contributed by atoms with van der Waals surface area (Å²) in [6, 6.07) is 5.95. The number of hydrogen-bond acceptors (Lipinski definition) is 4. The fourth-order valence-electron chi connectivity index (χ4n) is 2.73. The van der Waals surface area contributed by atoms with Crippen molar-refractivity contribution in [2.45, 2.75) is 25.3 Å². The quantitative estimate of drug-likeness (QED) is 0.896. The van der Waals surface area contributed by atoms with Crippen LogP contribution in [0.3, 0.4) is 0 Å². The summed E-state index contributed by atoms with van der Waals surface area (Å²) in [5, 5.41) is 3.25. The highest BCUT2D eigenvalue weighted by molar-refractivity contribution is 5.85. The maximum atomic E-state index is 12.5. The minimum atomic E-state index is 0. The Morgan fingerprint density at radius 1 is 1.36 bits per heavy atom. The molecule has 0 radical (unpaired) electrons. The monoisotopic (exact) mass is 328 g/mol. The van der Waals surface area contributed by atoms with Crippen LogP contribution in [0, 0.1) is 0 Å². The van der Waals surface area contributed by atoms with E-state index in [2.05, 4.69) is 5.32 Å². The van der Waals surface area contributed by atoms with Crippen molar-refractivity contribution in [1.29, 1.82) is 0 Å². The lowest BCUT2D eigenvalue weighted by atomic mass is 10.0. The molecule has 1 aliphatic heterocycles. The van der Waals surface area contributed by atoms with Gasteiger partial charge in [-0.2, -0.15) is 0 Å². The Labute approximate surface area is 138 Å². The van der Waals surface area contributed by atoms with E-state index in [1.54, 1.807) is 14.2 Å². The van der Waals surface area contributed by atoms with Gasteiger partial charge in [0.15, 0.2) is 0 Å². The van der Waals surface area contributed by atoms with Gasteiger partial charge in [-0.25, -0.2) is 0 Å². The van der Waals surface area contributed by atoms with Crippen LogP contribution >= 0.6 is 12.4 Å². The van der Waals surface area contributed by atoms with Crippen molar-refractivity contribution in [3.05, 3.63) is 23.8 Å². The lowest BCUT2D eigenvalue weighted by Crippen LogP contribution is -2.47. The number of nitrogens with one attached hydrogen (secondary N) is 1. The topological polar surface area (TPSA) is 50.8 Å². The number of nitrogens with zero attached hydrogens (tertiary/aromatic N) is 1. The molecule has 22 heavy (non-hydrogen) atoms. The molecule has 1 aromatic carbocycles. The smallest absolute Gasteiger partial charge is 0.227 e. The molecule has 1 heterocycles. The van der Waals surface area contributed by atoms with E-state index in [1.165, 1.54) is 0 Å². The number of methoxy groups -OCH3 is 2. The zero-order chi connectivity index (χ0) is 15.2. The van der Waals surface area contributed by atoms with Crippen LogP contribution in [0.25, 0.3) is 0 Å². The average molecular weight is 329 g/mol. The van der Waals surface area contributed by atoms with Crippen LogP contribution in [0.2, 0.25) is 0 Å². The fraction of sp³-hybridized carbons (Fsp3) is 0.562. The van der Waals surface area contributed by atoms with Crippen molar-refractivity contribution in [3.8, 4) is 11.5 Å². The zero-order valence-electron chi connectivity index (χ0n) is 13.4. The standard InChI is InChI=1S/C16H24N2O3.ClH/c1-17-13-5-4-8-18(11-13)16(19)10-12-9-14(20-2)6-7-15(12)21-3;/h6-7,9,13,17H,4-5,8,10-11H2,1-3H3;1H. The molecule has 6 heteroatoms. The largest absolute Gasteiger partial charge is 0.497 e. The van der Waals surface area contributed by atoms with Crippen LogP contribution in [0.5, 0.6) is 11.5 Å². The van der Waals surface area contributed by atoms with E-state index in [1.807, 2.05) is 30.1 Å². The number of piperidine rings is 1. The van der Waals surface area contributed by atoms with Crippen LogP contribution < -0.4 is 14.8 Å². The number of carbonyl (C=O) groups is 1. The Morgan fingerprint density at radius 3 is 2.77 bits per heavy atom. The molecular weight excluding hydrogens is 304 g/mol.